The van der Waals surface area contributed by atoms with Gasteiger partial charge in [-0.05, 0) is 18.4 Å². The van der Waals surface area contributed by atoms with Crippen molar-refractivity contribution in [2.45, 2.75) is 26.3 Å². The normalized spacial score (nSPS) is 18.1. The van der Waals surface area contributed by atoms with Crippen molar-refractivity contribution in [1.82, 2.24) is 4.90 Å². The lowest BCUT2D eigenvalue weighted by Gasteiger charge is -2.29. The lowest BCUT2D eigenvalue weighted by Crippen LogP contribution is -2.45. The summed E-state index contributed by atoms with van der Waals surface area (Å²) >= 11 is 5.95. The molecular formula is C18H25ClN2O6S. The Labute approximate surface area is 169 Å². The van der Waals surface area contributed by atoms with Gasteiger partial charge in [-0.15, -0.1) is 0 Å². The van der Waals surface area contributed by atoms with Gasteiger partial charge < -0.3 is 20.1 Å². The molecule has 1 fully saturated rings. The molecule has 8 nitrogen and oxygen atoms in total. The molecule has 1 aromatic rings. The van der Waals surface area contributed by atoms with E-state index in [1.54, 1.807) is 0 Å². The Hall–Kier alpha value is -2.00. The summed E-state index contributed by atoms with van der Waals surface area (Å²) < 4.78 is 33.8. The van der Waals surface area contributed by atoms with E-state index in [1.807, 2.05) is 13.8 Å². The van der Waals surface area contributed by atoms with Gasteiger partial charge in [0.2, 0.25) is 0 Å². The maximum absolute atomic E-state index is 12.7. The van der Waals surface area contributed by atoms with E-state index in [0.717, 1.165) is 0 Å². The van der Waals surface area contributed by atoms with Crippen molar-refractivity contribution in [2.75, 3.05) is 37.5 Å². The largest absolute Gasteiger partial charge is 0.496 e. The zero-order valence-corrected chi connectivity index (χ0v) is 17.7. The SMILES string of the molecule is COc1cc(N)c(Cl)cc1C(=O)OCC(=O)N(CC(C)C)C1CCS(=O)(=O)C1. The van der Waals surface area contributed by atoms with Gasteiger partial charge >= 0.3 is 5.97 Å². The summed E-state index contributed by atoms with van der Waals surface area (Å²) in [4.78, 5) is 26.6. The smallest absolute Gasteiger partial charge is 0.342 e. The summed E-state index contributed by atoms with van der Waals surface area (Å²) in [6.07, 6.45) is 0.385. The average Bonchev–Trinajstić information content (AvgIpc) is 2.98. The first kappa shape index (κ1) is 22.3. The predicted molar refractivity (Wildman–Crippen MR) is 106 cm³/mol. The summed E-state index contributed by atoms with van der Waals surface area (Å²) in [6.45, 7) is 3.73. The van der Waals surface area contributed by atoms with E-state index in [4.69, 9.17) is 26.8 Å². The molecule has 1 aromatic carbocycles. The lowest BCUT2D eigenvalue weighted by molar-refractivity contribution is -0.137. The number of hydrogen-bond donors (Lipinski definition) is 1. The fourth-order valence-electron chi connectivity index (χ4n) is 3.05. The predicted octanol–water partition coefficient (Wildman–Crippen LogP) is 1.76. The third-order valence-corrected chi connectivity index (χ3v) is 6.47. The molecule has 2 N–H and O–H groups in total. The molecule has 1 amide bonds. The molecule has 0 saturated carbocycles. The Kier molecular flexibility index (Phi) is 7.16. The summed E-state index contributed by atoms with van der Waals surface area (Å²) in [6, 6.07) is 2.31. The quantitative estimate of drug-likeness (QED) is 0.515. The second-order valence-electron chi connectivity index (χ2n) is 7.15. The Morgan fingerprint density at radius 2 is 2.04 bits per heavy atom. The number of methoxy groups -OCH3 is 1. The number of amides is 1. The molecule has 0 spiro atoms. The topological polar surface area (TPSA) is 116 Å². The molecule has 0 radical (unpaired) electrons. The maximum atomic E-state index is 12.7. The highest BCUT2D eigenvalue weighted by Gasteiger charge is 2.35. The molecule has 2 rings (SSSR count). The number of esters is 1. The molecule has 0 aliphatic carbocycles. The van der Waals surface area contributed by atoms with E-state index in [2.05, 4.69) is 0 Å². The van der Waals surface area contributed by atoms with Gasteiger partial charge in [0.05, 0.1) is 29.3 Å². The number of carbonyl (C=O) groups excluding carboxylic acids is 2. The van der Waals surface area contributed by atoms with Crippen molar-refractivity contribution >= 4 is 39.0 Å². The third kappa shape index (κ3) is 5.51. The molecule has 1 aliphatic rings. The molecule has 1 atom stereocenters. The number of sulfone groups is 1. The van der Waals surface area contributed by atoms with Crippen LogP contribution in [0.1, 0.15) is 30.6 Å². The highest BCUT2D eigenvalue weighted by atomic mass is 35.5. The molecule has 0 aromatic heterocycles. The van der Waals surface area contributed by atoms with Gasteiger partial charge in [0.15, 0.2) is 16.4 Å². The molecule has 1 saturated heterocycles. The van der Waals surface area contributed by atoms with E-state index in [9.17, 15) is 18.0 Å². The molecule has 0 bridgehead atoms. The van der Waals surface area contributed by atoms with Crippen LogP contribution in [0.3, 0.4) is 0 Å². The molecular weight excluding hydrogens is 408 g/mol. The number of carbonyl (C=O) groups is 2. The number of ether oxygens (including phenoxy) is 2. The van der Waals surface area contributed by atoms with Crippen LogP contribution >= 0.6 is 11.6 Å². The van der Waals surface area contributed by atoms with Crippen molar-refractivity contribution in [1.29, 1.82) is 0 Å². The van der Waals surface area contributed by atoms with Crippen molar-refractivity contribution < 1.29 is 27.5 Å². The summed E-state index contributed by atoms with van der Waals surface area (Å²) in [7, 11) is -1.78. The second kappa shape index (κ2) is 9.00. The maximum Gasteiger partial charge on any atom is 0.342 e. The molecule has 28 heavy (non-hydrogen) atoms. The highest BCUT2D eigenvalue weighted by molar-refractivity contribution is 7.91. The lowest BCUT2D eigenvalue weighted by atomic mass is 10.1. The van der Waals surface area contributed by atoms with E-state index in [0.29, 0.717) is 13.0 Å². The second-order valence-corrected chi connectivity index (χ2v) is 9.78. The Morgan fingerprint density at radius 3 is 2.57 bits per heavy atom. The van der Waals surface area contributed by atoms with Crippen molar-refractivity contribution in [3.63, 3.8) is 0 Å². The molecule has 10 heteroatoms. The zero-order valence-electron chi connectivity index (χ0n) is 16.1. The van der Waals surface area contributed by atoms with Crippen molar-refractivity contribution in [3.05, 3.63) is 22.7 Å². The zero-order chi connectivity index (χ0) is 21.1. The van der Waals surface area contributed by atoms with E-state index in [-0.39, 0.29) is 39.4 Å². The molecule has 1 unspecified atom stereocenters. The van der Waals surface area contributed by atoms with Crippen LogP contribution in [0.4, 0.5) is 5.69 Å². The average molecular weight is 433 g/mol. The van der Waals surface area contributed by atoms with Crippen molar-refractivity contribution in [2.24, 2.45) is 5.92 Å². The Balaban J connectivity index is 2.10. The fourth-order valence-corrected chi connectivity index (χ4v) is 4.95. The van der Waals surface area contributed by atoms with E-state index < -0.39 is 34.4 Å². The van der Waals surface area contributed by atoms with Crippen LogP contribution in [-0.2, 0) is 19.4 Å². The number of nitrogens with two attached hydrogens (primary N) is 1. The summed E-state index contributed by atoms with van der Waals surface area (Å²) in [5.74, 6) is -0.916. The minimum absolute atomic E-state index is 0.0494. The first-order valence-corrected chi connectivity index (χ1v) is 11.0. The van der Waals surface area contributed by atoms with Crippen LogP contribution in [0.25, 0.3) is 0 Å². The third-order valence-electron chi connectivity index (χ3n) is 4.40. The number of nitrogens with zero attached hydrogens (tertiary/aromatic N) is 1. The number of nitrogen functional groups attached to an aromatic ring is 1. The monoisotopic (exact) mass is 432 g/mol. The Morgan fingerprint density at radius 1 is 1.36 bits per heavy atom. The minimum atomic E-state index is -3.15. The van der Waals surface area contributed by atoms with Gasteiger partial charge in [-0.3, -0.25) is 4.79 Å². The van der Waals surface area contributed by atoms with Gasteiger partial charge in [-0.1, -0.05) is 25.4 Å². The standard InChI is InChI=1S/C18H25ClN2O6S/c1-11(2)8-21(12-4-5-28(24,25)10-12)17(22)9-27-18(23)13-6-14(19)15(20)7-16(13)26-3/h6-7,11-12H,4-5,8-10,20H2,1-3H3. The Bertz CT molecular complexity index is 856. The number of anilines is 1. The van der Waals surface area contributed by atoms with Gasteiger partial charge in [0.1, 0.15) is 11.3 Å². The fraction of sp³-hybridized carbons (Fsp3) is 0.556. The van der Waals surface area contributed by atoms with Crippen LogP contribution in [0.2, 0.25) is 5.02 Å². The van der Waals surface area contributed by atoms with E-state index >= 15 is 0 Å². The van der Waals surface area contributed by atoms with Crippen molar-refractivity contribution in [3.8, 4) is 5.75 Å². The summed E-state index contributed by atoms with van der Waals surface area (Å²) in [5.41, 5.74) is 5.99. The summed E-state index contributed by atoms with van der Waals surface area (Å²) in [5, 5.41) is 0.164. The van der Waals surface area contributed by atoms with Gasteiger partial charge in [-0.25, -0.2) is 13.2 Å². The minimum Gasteiger partial charge on any atom is -0.496 e. The van der Waals surface area contributed by atoms with Gasteiger partial charge in [-0.2, -0.15) is 0 Å². The van der Waals surface area contributed by atoms with Gasteiger partial charge in [0, 0.05) is 18.7 Å². The van der Waals surface area contributed by atoms with E-state index in [1.165, 1.54) is 24.1 Å². The molecule has 1 heterocycles. The van der Waals surface area contributed by atoms with Gasteiger partial charge in [0.25, 0.3) is 5.91 Å². The highest BCUT2D eigenvalue weighted by Crippen LogP contribution is 2.29. The first-order chi connectivity index (χ1) is 13.0. The van der Waals surface area contributed by atoms with Crippen LogP contribution < -0.4 is 10.5 Å². The molecule has 1 aliphatic heterocycles. The van der Waals surface area contributed by atoms with Crippen LogP contribution in [0, 0.1) is 5.92 Å². The van der Waals surface area contributed by atoms with Crippen LogP contribution in [0.5, 0.6) is 5.75 Å². The number of hydrogen-bond acceptors (Lipinski definition) is 7. The first-order valence-electron chi connectivity index (χ1n) is 8.84. The number of halogens is 1. The van der Waals surface area contributed by atoms with Crippen LogP contribution in [0.15, 0.2) is 12.1 Å². The molecule has 156 valence electrons. The number of rotatable bonds is 7. The number of benzene rings is 1. The van der Waals surface area contributed by atoms with Crippen LogP contribution in [-0.4, -0.2) is 63.0 Å².